The molecule has 0 saturated carbocycles. The van der Waals surface area contributed by atoms with Crippen molar-refractivity contribution in [2.75, 3.05) is 0 Å². The second kappa shape index (κ2) is 6.79. The molecule has 0 aliphatic heterocycles. The average Bonchev–Trinajstić information content (AvgIpc) is 2.25. The van der Waals surface area contributed by atoms with Crippen LogP contribution in [0.5, 0.6) is 0 Å². The third kappa shape index (κ3) is 4.17. The molecular weight excluding hydrogens is 292 g/mol. The van der Waals surface area contributed by atoms with E-state index < -0.39 is 0 Å². The Balaban J connectivity index is 2.71. The highest BCUT2D eigenvalue weighted by Gasteiger charge is 2.02. The number of nitrogens with zero attached hydrogens (tertiary/aromatic N) is 2. The Morgan fingerprint density at radius 3 is 2.40 bits per heavy atom. The summed E-state index contributed by atoms with van der Waals surface area (Å²) in [6.07, 6.45) is 0. The summed E-state index contributed by atoms with van der Waals surface area (Å²) in [6.45, 7) is 0. The molecule has 0 amide bonds. The van der Waals surface area contributed by atoms with Gasteiger partial charge >= 0.3 is 0 Å². The molecule has 0 radical (unpaired) electrons. The van der Waals surface area contributed by atoms with Crippen molar-refractivity contribution in [2.45, 2.75) is 11.5 Å². The van der Waals surface area contributed by atoms with E-state index in [1.165, 1.54) is 23.5 Å². The van der Waals surface area contributed by atoms with Gasteiger partial charge < -0.3 is 0 Å². The zero-order valence-corrected chi connectivity index (χ0v) is 11.0. The Morgan fingerprint density at radius 1 is 1.13 bits per heavy atom. The van der Waals surface area contributed by atoms with Crippen molar-refractivity contribution in [2.24, 2.45) is 0 Å². The summed E-state index contributed by atoms with van der Waals surface area (Å²) in [5.74, 6) is 1.38. The summed E-state index contributed by atoms with van der Waals surface area (Å²) in [5, 5.41) is 21.0. The van der Waals surface area contributed by atoms with Crippen molar-refractivity contribution < 1.29 is 0 Å². The molecule has 0 fully saturated rings. The van der Waals surface area contributed by atoms with Crippen LogP contribution in [-0.4, -0.2) is 0 Å². The average molecular weight is 299 g/mol. The molecule has 0 saturated heterocycles. The normalized spacial score (nSPS) is 9.27. The Hall–Kier alpha value is -0.620. The van der Waals surface area contributed by atoms with Crippen molar-refractivity contribution in [1.29, 1.82) is 10.5 Å². The van der Waals surface area contributed by atoms with Crippen LogP contribution in [0.25, 0.3) is 0 Å². The van der Waals surface area contributed by atoms with Gasteiger partial charge in [0.15, 0.2) is 0 Å². The van der Waals surface area contributed by atoms with Gasteiger partial charge in [0.25, 0.3) is 0 Å². The van der Waals surface area contributed by atoms with E-state index in [9.17, 15) is 0 Å². The third-order valence-electron chi connectivity index (χ3n) is 1.71. The number of thiocyanates is 2. The Bertz CT molecular complexity index is 420. The molecule has 0 aliphatic carbocycles. The van der Waals surface area contributed by atoms with Gasteiger partial charge in [-0.3, -0.25) is 0 Å². The van der Waals surface area contributed by atoms with Gasteiger partial charge in [-0.05, 0) is 40.7 Å². The Morgan fingerprint density at radius 2 is 1.80 bits per heavy atom. The van der Waals surface area contributed by atoms with E-state index in [0.717, 1.165) is 15.6 Å². The van der Waals surface area contributed by atoms with E-state index in [0.29, 0.717) is 11.5 Å². The summed E-state index contributed by atoms with van der Waals surface area (Å²) < 4.78 is 1.00. The van der Waals surface area contributed by atoms with Crippen LogP contribution in [0.3, 0.4) is 0 Å². The van der Waals surface area contributed by atoms with Gasteiger partial charge in [0.05, 0.1) is 0 Å². The Labute approximate surface area is 106 Å². The van der Waals surface area contributed by atoms with Crippen molar-refractivity contribution in [3.8, 4) is 10.8 Å². The largest absolute Gasteiger partial charge is 0.185 e. The van der Waals surface area contributed by atoms with Gasteiger partial charge in [-0.25, -0.2) is 0 Å². The van der Waals surface area contributed by atoms with Gasteiger partial charge in [-0.1, -0.05) is 28.1 Å². The maximum absolute atomic E-state index is 8.45. The molecule has 0 N–H and O–H groups in total. The molecule has 0 bridgehead atoms. The van der Waals surface area contributed by atoms with Crippen LogP contribution in [0.2, 0.25) is 0 Å². The summed E-state index contributed by atoms with van der Waals surface area (Å²) in [4.78, 5) is 0. The van der Waals surface area contributed by atoms with Crippen LogP contribution in [-0.2, 0) is 11.5 Å². The first-order valence-electron chi connectivity index (χ1n) is 4.07. The number of hydrogen-bond donors (Lipinski definition) is 0. The van der Waals surface area contributed by atoms with Gasteiger partial charge in [0.2, 0.25) is 0 Å². The molecule has 1 rings (SSSR count). The highest BCUT2D eigenvalue weighted by Crippen LogP contribution is 2.24. The standard InChI is InChI=1S/C10H7BrN2S2/c11-10-3-8(4-14-6-12)1-2-9(10)5-15-7-13/h1-3H,4-5H2. The van der Waals surface area contributed by atoms with Crippen molar-refractivity contribution in [3.63, 3.8) is 0 Å². The number of nitriles is 2. The topological polar surface area (TPSA) is 47.6 Å². The lowest BCUT2D eigenvalue weighted by atomic mass is 10.2. The van der Waals surface area contributed by atoms with Crippen molar-refractivity contribution in [1.82, 2.24) is 0 Å². The molecule has 76 valence electrons. The maximum Gasteiger partial charge on any atom is 0.133 e. The molecule has 0 aromatic heterocycles. The molecule has 0 aliphatic rings. The van der Waals surface area contributed by atoms with Crippen LogP contribution in [0.1, 0.15) is 11.1 Å². The van der Waals surface area contributed by atoms with Crippen LogP contribution in [0.4, 0.5) is 0 Å². The minimum absolute atomic E-state index is 0.683. The molecule has 1 aromatic rings. The zero-order valence-electron chi connectivity index (χ0n) is 7.74. The molecule has 0 heterocycles. The zero-order chi connectivity index (χ0) is 11.1. The molecular formula is C10H7BrN2S2. The second-order valence-corrected chi connectivity index (χ2v) is 5.06. The van der Waals surface area contributed by atoms with Gasteiger partial charge in [-0.15, -0.1) is 0 Å². The fraction of sp³-hybridized carbons (Fsp3) is 0.200. The summed E-state index contributed by atoms with van der Waals surface area (Å²) >= 11 is 5.89. The van der Waals surface area contributed by atoms with Gasteiger partial charge in [-0.2, -0.15) is 10.5 Å². The van der Waals surface area contributed by atoms with Crippen LogP contribution < -0.4 is 0 Å². The minimum atomic E-state index is 0.683. The Kier molecular flexibility index (Phi) is 5.63. The van der Waals surface area contributed by atoms with Crippen LogP contribution in [0.15, 0.2) is 22.7 Å². The number of halogens is 1. The number of benzene rings is 1. The summed E-state index contributed by atoms with van der Waals surface area (Å²) in [6, 6.07) is 5.97. The fourth-order valence-electron chi connectivity index (χ4n) is 1.02. The summed E-state index contributed by atoms with van der Waals surface area (Å²) in [5.41, 5.74) is 2.21. The minimum Gasteiger partial charge on any atom is -0.185 e. The van der Waals surface area contributed by atoms with Gasteiger partial charge in [0, 0.05) is 16.0 Å². The molecule has 0 atom stereocenters. The SMILES string of the molecule is N#CSCc1ccc(CSC#N)c(Br)c1. The third-order valence-corrected chi connectivity index (χ3v) is 3.64. The van der Waals surface area contributed by atoms with E-state index in [1.54, 1.807) is 0 Å². The van der Waals surface area contributed by atoms with E-state index in [2.05, 4.69) is 15.9 Å². The maximum atomic E-state index is 8.45. The van der Waals surface area contributed by atoms with E-state index in [1.807, 2.05) is 29.0 Å². The van der Waals surface area contributed by atoms with Crippen LogP contribution in [0, 0.1) is 21.3 Å². The molecule has 0 unspecified atom stereocenters. The molecule has 15 heavy (non-hydrogen) atoms. The highest BCUT2D eigenvalue weighted by atomic mass is 79.9. The first-order chi connectivity index (χ1) is 7.27. The van der Waals surface area contributed by atoms with Gasteiger partial charge in [0.1, 0.15) is 10.8 Å². The van der Waals surface area contributed by atoms with E-state index in [-0.39, 0.29) is 0 Å². The number of hydrogen-bond acceptors (Lipinski definition) is 4. The predicted molar refractivity (Wildman–Crippen MR) is 68.0 cm³/mol. The predicted octanol–water partition coefficient (Wildman–Crippen LogP) is 3.88. The quantitative estimate of drug-likeness (QED) is 0.792. The highest BCUT2D eigenvalue weighted by molar-refractivity contribution is 9.10. The molecule has 0 spiro atoms. The lowest BCUT2D eigenvalue weighted by Gasteiger charge is -2.03. The molecule has 2 nitrogen and oxygen atoms in total. The first kappa shape index (κ1) is 12.4. The molecule has 1 aromatic carbocycles. The van der Waals surface area contributed by atoms with Crippen molar-refractivity contribution in [3.05, 3.63) is 33.8 Å². The lowest BCUT2D eigenvalue weighted by molar-refractivity contribution is 1.32. The monoisotopic (exact) mass is 298 g/mol. The van der Waals surface area contributed by atoms with Crippen LogP contribution >= 0.6 is 39.5 Å². The van der Waals surface area contributed by atoms with E-state index >= 15 is 0 Å². The number of rotatable bonds is 4. The number of thioether (sulfide) groups is 2. The van der Waals surface area contributed by atoms with Crippen molar-refractivity contribution >= 4 is 39.5 Å². The fourth-order valence-corrected chi connectivity index (χ4v) is 2.66. The smallest absolute Gasteiger partial charge is 0.133 e. The summed E-state index contributed by atoms with van der Waals surface area (Å²) in [7, 11) is 0. The first-order valence-corrected chi connectivity index (χ1v) is 6.83. The van der Waals surface area contributed by atoms with E-state index in [4.69, 9.17) is 10.5 Å². The lowest BCUT2D eigenvalue weighted by Crippen LogP contribution is -1.85. The second-order valence-electron chi connectivity index (χ2n) is 2.69. The molecule has 5 heteroatoms.